The smallest absolute Gasteiger partial charge is 0.297 e. The van der Waals surface area contributed by atoms with Crippen LogP contribution in [0.3, 0.4) is 0 Å². The number of nitrogens with zero attached hydrogens (tertiary/aromatic N) is 3. The van der Waals surface area contributed by atoms with Crippen LogP contribution in [0.5, 0.6) is 0 Å². The van der Waals surface area contributed by atoms with Crippen LogP contribution in [-0.2, 0) is 6.42 Å². The van der Waals surface area contributed by atoms with Gasteiger partial charge in [-0.3, -0.25) is 14.5 Å². The summed E-state index contributed by atoms with van der Waals surface area (Å²) in [5.41, 5.74) is 0.205. The van der Waals surface area contributed by atoms with Crippen LogP contribution in [0.25, 0.3) is 11.0 Å². The van der Waals surface area contributed by atoms with Gasteiger partial charge in [-0.1, -0.05) is 52.4 Å². The van der Waals surface area contributed by atoms with Crippen LogP contribution >= 0.6 is 27.3 Å². The molecule has 2 aromatic carbocycles. The van der Waals surface area contributed by atoms with Crippen molar-refractivity contribution < 1.29 is 13.6 Å². The average Bonchev–Trinajstić information content (AvgIpc) is 3.32. The largest absolute Gasteiger partial charge is 0.450 e. The Hall–Kier alpha value is -2.91. The SMILES string of the molecule is CCc1nnc(N2C(=O)c3oc4ccc(Br)cc4c(=O)c3C2c2ccccc2F)s1. The van der Waals surface area contributed by atoms with E-state index in [4.69, 9.17) is 4.42 Å². The normalized spacial score (nSPS) is 15.8. The Labute approximate surface area is 182 Å². The molecule has 0 bridgehead atoms. The molecule has 0 aliphatic carbocycles. The highest BCUT2D eigenvalue weighted by atomic mass is 79.9. The van der Waals surface area contributed by atoms with Gasteiger partial charge in [-0.05, 0) is 30.7 Å². The van der Waals surface area contributed by atoms with Gasteiger partial charge in [0.15, 0.2) is 5.43 Å². The summed E-state index contributed by atoms with van der Waals surface area (Å²) in [6, 6.07) is 10.1. The molecule has 0 fully saturated rings. The fraction of sp³-hybridized carbons (Fsp3) is 0.143. The maximum Gasteiger partial charge on any atom is 0.297 e. The first kappa shape index (κ1) is 19.1. The second-order valence-corrected chi connectivity index (χ2v) is 8.70. The fourth-order valence-electron chi connectivity index (χ4n) is 3.62. The van der Waals surface area contributed by atoms with Gasteiger partial charge in [0.25, 0.3) is 5.91 Å². The lowest BCUT2D eigenvalue weighted by molar-refractivity contribution is 0.0970. The first-order valence-corrected chi connectivity index (χ1v) is 10.8. The Kier molecular flexibility index (Phi) is 4.52. The molecule has 6 nitrogen and oxygen atoms in total. The molecular weight excluding hydrogens is 473 g/mol. The van der Waals surface area contributed by atoms with E-state index in [1.165, 1.54) is 22.3 Å². The number of aromatic nitrogens is 2. The molecule has 1 aliphatic heterocycles. The van der Waals surface area contributed by atoms with Crippen molar-refractivity contribution in [2.45, 2.75) is 19.4 Å². The van der Waals surface area contributed by atoms with E-state index in [9.17, 15) is 14.0 Å². The Morgan fingerprint density at radius 2 is 2.00 bits per heavy atom. The van der Waals surface area contributed by atoms with Crippen LogP contribution in [-0.4, -0.2) is 16.1 Å². The molecule has 0 saturated carbocycles. The number of hydrogen-bond acceptors (Lipinski definition) is 6. The van der Waals surface area contributed by atoms with E-state index < -0.39 is 17.8 Å². The van der Waals surface area contributed by atoms with Crippen LogP contribution < -0.4 is 10.3 Å². The molecule has 1 amide bonds. The molecule has 2 aromatic heterocycles. The zero-order chi connectivity index (χ0) is 21.0. The van der Waals surface area contributed by atoms with Crippen molar-refractivity contribution in [2.75, 3.05) is 4.90 Å². The first-order chi connectivity index (χ1) is 14.5. The summed E-state index contributed by atoms with van der Waals surface area (Å²) in [5, 5.41) is 9.54. The third-order valence-electron chi connectivity index (χ3n) is 5.00. The van der Waals surface area contributed by atoms with E-state index in [0.717, 1.165) is 5.01 Å². The third-order valence-corrected chi connectivity index (χ3v) is 6.56. The summed E-state index contributed by atoms with van der Waals surface area (Å²) in [6.45, 7) is 1.93. The minimum atomic E-state index is -0.994. The summed E-state index contributed by atoms with van der Waals surface area (Å²) in [7, 11) is 0. The molecule has 9 heteroatoms. The van der Waals surface area contributed by atoms with Crippen molar-refractivity contribution in [1.29, 1.82) is 0 Å². The van der Waals surface area contributed by atoms with Gasteiger partial charge in [0, 0.05) is 10.0 Å². The number of carbonyl (C=O) groups excluding carboxylic acids is 1. The van der Waals surface area contributed by atoms with E-state index in [1.807, 2.05) is 6.92 Å². The lowest BCUT2D eigenvalue weighted by atomic mass is 9.98. The summed E-state index contributed by atoms with van der Waals surface area (Å²) in [5.74, 6) is -1.17. The maximum absolute atomic E-state index is 14.8. The highest BCUT2D eigenvalue weighted by Crippen LogP contribution is 2.42. The molecule has 0 saturated heterocycles. The number of amides is 1. The Bertz CT molecular complexity index is 1380. The zero-order valence-electron chi connectivity index (χ0n) is 15.6. The number of fused-ring (bicyclic) bond motifs is 2. The molecule has 5 rings (SSSR count). The van der Waals surface area contributed by atoms with Gasteiger partial charge >= 0.3 is 0 Å². The Balaban J connectivity index is 1.83. The second-order valence-electron chi connectivity index (χ2n) is 6.75. The van der Waals surface area contributed by atoms with E-state index >= 15 is 0 Å². The minimum absolute atomic E-state index is 0.101. The fourth-order valence-corrected chi connectivity index (χ4v) is 4.78. The molecule has 4 aromatic rings. The van der Waals surface area contributed by atoms with Crippen molar-refractivity contribution in [1.82, 2.24) is 10.2 Å². The zero-order valence-corrected chi connectivity index (χ0v) is 18.0. The van der Waals surface area contributed by atoms with Crippen molar-refractivity contribution in [2.24, 2.45) is 0 Å². The predicted octanol–water partition coefficient (Wildman–Crippen LogP) is 4.86. The number of carbonyl (C=O) groups is 1. The average molecular weight is 486 g/mol. The molecule has 1 unspecified atom stereocenters. The van der Waals surface area contributed by atoms with Gasteiger partial charge in [-0.25, -0.2) is 4.39 Å². The predicted molar refractivity (Wildman–Crippen MR) is 115 cm³/mol. The van der Waals surface area contributed by atoms with Crippen molar-refractivity contribution in [3.63, 3.8) is 0 Å². The molecule has 0 N–H and O–H groups in total. The van der Waals surface area contributed by atoms with Gasteiger partial charge in [0.1, 0.15) is 22.4 Å². The van der Waals surface area contributed by atoms with Gasteiger partial charge in [-0.2, -0.15) is 0 Å². The Morgan fingerprint density at radius 3 is 2.73 bits per heavy atom. The highest BCUT2D eigenvalue weighted by molar-refractivity contribution is 9.10. The number of anilines is 1. The van der Waals surface area contributed by atoms with Gasteiger partial charge < -0.3 is 4.42 Å². The lowest BCUT2D eigenvalue weighted by Crippen LogP contribution is -2.30. The molecule has 1 aliphatic rings. The number of benzene rings is 2. The number of aryl methyl sites for hydroxylation is 1. The number of halogens is 2. The van der Waals surface area contributed by atoms with E-state index in [-0.39, 0.29) is 27.9 Å². The Morgan fingerprint density at radius 1 is 1.20 bits per heavy atom. The molecule has 150 valence electrons. The molecule has 0 spiro atoms. The van der Waals surface area contributed by atoms with Crippen LogP contribution in [0.15, 0.2) is 56.1 Å². The summed E-state index contributed by atoms with van der Waals surface area (Å²) < 4.78 is 21.4. The standard InChI is InChI=1S/C21H13BrFN3O3S/c1-2-15-24-25-21(30-15)26-17(11-5-3-4-6-13(11)23)16-18(27)12-9-10(22)7-8-14(12)29-19(16)20(26)28/h3-9,17H,2H2,1H3. The van der Waals surface area contributed by atoms with Gasteiger partial charge in [0.05, 0.1) is 10.9 Å². The van der Waals surface area contributed by atoms with Crippen LogP contribution in [0, 0.1) is 5.82 Å². The molecule has 0 radical (unpaired) electrons. The van der Waals surface area contributed by atoms with Crippen molar-refractivity contribution in [3.05, 3.63) is 84.9 Å². The summed E-state index contributed by atoms with van der Waals surface area (Å²) >= 11 is 4.59. The van der Waals surface area contributed by atoms with Crippen LogP contribution in [0.1, 0.15) is 39.7 Å². The number of rotatable bonds is 3. The summed E-state index contributed by atoms with van der Waals surface area (Å²) in [4.78, 5) is 28.1. The second kappa shape index (κ2) is 7.10. The third kappa shape index (κ3) is 2.80. The number of hydrogen-bond donors (Lipinski definition) is 0. The van der Waals surface area contributed by atoms with Crippen LogP contribution in [0.2, 0.25) is 0 Å². The van der Waals surface area contributed by atoms with Crippen molar-refractivity contribution >= 4 is 49.3 Å². The molecule has 3 heterocycles. The maximum atomic E-state index is 14.8. The van der Waals surface area contributed by atoms with E-state index in [1.54, 1.807) is 36.4 Å². The van der Waals surface area contributed by atoms with Crippen LogP contribution in [0.4, 0.5) is 9.52 Å². The first-order valence-electron chi connectivity index (χ1n) is 9.16. The molecular formula is C21H13BrFN3O3S. The highest BCUT2D eigenvalue weighted by Gasteiger charge is 2.46. The topological polar surface area (TPSA) is 76.3 Å². The minimum Gasteiger partial charge on any atom is -0.450 e. The monoisotopic (exact) mass is 485 g/mol. The summed E-state index contributed by atoms with van der Waals surface area (Å²) in [6.07, 6.45) is 0.645. The van der Waals surface area contributed by atoms with Crippen molar-refractivity contribution in [3.8, 4) is 0 Å². The molecule has 30 heavy (non-hydrogen) atoms. The van der Waals surface area contributed by atoms with Gasteiger partial charge in [-0.15, -0.1) is 10.2 Å². The van der Waals surface area contributed by atoms with E-state index in [0.29, 0.717) is 21.4 Å². The van der Waals surface area contributed by atoms with E-state index in [2.05, 4.69) is 26.1 Å². The quantitative estimate of drug-likeness (QED) is 0.414. The lowest BCUT2D eigenvalue weighted by Gasteiger charge is -2.22. The molecule has 1 atom stereocenters. The van der Waals surface area contributed by atoms with Gasteiger partial charge in [0.2, 0.25) is 10.9 Å².